The molecule has 1 atom stereocenters. The lowest BCUT2D eigenvalue weighted by Crippen LogP contribution is -1.82. The Morgan fingerprint density at radius 2 is 1.75 bits per heavy atom. The van der Waals surface area contributed by atoms with E-state index in [1.165, 1.54) is 34.6 Å². The van der Waals surface area contributed by atoms with Gasteiger partial charge in [-0.05, 0) is 42.0 Å². The third-order valence-corrected chi connectivity index (χ3v) is 4.28. The van der Waals surface area contributed by atoms with E-state index in [2.05, 4.69) is 69.7 Å². The minimum atomic E-state index is 0.855. The highest BCUT2D eigenvalue weighted by Gasteiger charge is 1.99. The van der Waals surface area contributed by atoms with Gasteiger partial charge in [0.05, 0.1) is 0 Å². The van der Waals surface area contributed by atoms with Crippen LogP contribution >= 0.6 is 8.58 Å². The predicted octanol–water partition coefficient (Wildman–Crippen LogP) is 5.97. The molecule has 106 valence electrons. The van der Waals surface area contributed by atoms with E-state index in [1.807, 2.05) is 13.0 Å². The Bertz CT molecular complexity index is 472. The van der Waals surface area contributed by atoms with E-state index in [1.54, 1.807) is 0 Å². The molecule has 0 saturated heterocycles. The zero-order valence-corrected chi connectivity index (χ0v) is 13.8. The summed E-state index contributed by atoms with van der Waals surface area (Å²) < 4.78 is 0. The second-order valence-electron chi connectivity index (χ2n) is 4.36. The Kier molecular flexibility index (Phi) is 10.4. The van der Waals surface area contributed by atoms with Gasteiger partial charge in [-0.15, -0.1) is 12.8 Å². The molecule has 0 heterocycles. The van der Waals surface area contributed by atoms with Gasteiger partial charge in [-0.3, -0.25) is 0 Å². The fourth-order valence-electron chi connectivity index (χ4n) is 1.65. The van der Waals surface area contributed by atoms with E-state index in [9.17, 15) is 0 Å². The molecule has 1 aromatic carbocycles. The Balaban J connectivity index is 0.00000172. The van der Waals surface area contributed by atoms with E-state index in [-0.39, 0.29) is 0 Å². The van der Waals surface area contributed by atoms with Crippen LogP contribution in [0.3, 0.4) is 0 Å². The molecule has 0 saturated carbocycles. The van der Waals surface area contributed by atoms with Crippen molar-refractivity contribution in [2.24, 2.45) is 0 Å². The average Bonchev–Trinajstić information content (AvgIpc) is 2.52. The zero-order chi connectivity index (χ0) is 15.4. The van der Waals surface area contributed by atoms with Crippen molar-refractivity contribution in [3.63, 3.8) is 0 Å². The van der Waals surface area contributed by atoms with Crippen LogP contribution in [0.4, 0.5) is 0 Å². The van der Waals surface area contributed by atoms with Crippen LogP contribution in [0, 0.1) is 12.8 Å². The largest absolute Gasteiger partial charge is 0.124 e. The first kappa shape index (κ1) is 18.4. The maximum Gasteiger partial charge on any atom is -0.0188 e. The lowest BCUT2D eigenvalue weighted by Gasteiger charge is -2.07. The summed E-state index contributed by atoms with van der Waals surface area (Å²) in [6.07, 6.45) is 16.8. The van der Waals surface area contributed by atoms with Crippen LogP contribution < -0.4 is 0 Å². The quantitative estimate of drug-likeness (QED) is 0.343. The van der Waals surface area contributed by atoms with Gasteiger partial charge in [-0.2, -0.15) is 0 Å². The van der Waals surface area contributed by atoms with Crippen LogP contribution in [0.5, 0.6) is 0 Å². The second-order valence-corrected chi connectivity index (χ2v) is 5.82. The van der Waals surface area contributed by atoms with Gasteiger partial charge in [0.25, 0.3) is 0 Å². The highest BCUT2D eigenvalue weighted by atomic mass is 31.1. The maximum atomic E-state index is 4.17. The third-order valence-electron chi connectivity index (χ3n) is 2.82. The summed E-state index contributed by atoms with van der Waals surface area (Å²) in [5, 5.41) is 1.28. The third kappa shape index (κ3) is 6.55. The Labute approximate surface area is 126 Å². The Hall–Kier alpha value is -1.57. The number of hydrogen-bond donors (Lipinski definition) is 0. The molecule has 1 rings (SSSR count). The van der Waals surface area contributed by atoms with Gasteiger partial charge in [-0.1, -0.05) is 71.0 Å². The van der Waals surface area contributed by atoms with Crippen molar-refractivity contribution < 1.29 is 0 Å². The van der Waals surface area contributed by atoms with Crippen molar-refractivity contribution in [1.82, 2.24) is 0 Å². The normalized spacial score (nSPS) is 11.6. The van der Waals surface area contributed by atoms with Gasteiger partial charge in [0.2, 0.25) is 0 Å². The molecular formula is C19H25P. The SMILES string of the molecule is C#C.C=C(PCCC)c1ccc(/C(C)=C/C=C\C)cc1. The molecule has 0 amide bonds. The van der Waals surface area contributed by atoms with Crippen molar-refractivity contribution in [3.05, 3.63) is 60.2 Å². The molecule has 0 radical (unpaired) electrons. The van der Waals surface area contributed by atoms with E-state index in [0.29, 0.717) is 0 Å². The van der Waals surface area contributed by atoms with Gasteiger partial charge in [0, 0.05) is 0 Å². The first-order valence-corrected chi connectivity index (χ1v) is 8.06. The molecule has 0 N–H and O–H groups in total. The van der Waals surface area contributed by atoms with Crippen molar-refractivity contribution in [2.75, 3.05) is 6.16 Å². The summed E-state index contributed by atoms with van der Waals surface area (Å²) >= 11 is 0. The van der Waals surface area contributed by atoms with Crippen molar-refractivity contribution in [3.8, 4) is 12.8 Å². The molecule has 1 aromatic rings. The zero-order valence-electron chi connectivity index (χ0n) is 12.8. The molecule has 0 spiro atoms. The molecule has 1 unspecified atom stereocenters. The summed E-state index contributed by atoms with van der Waals surface area (Å²) in [6, 6.07) is 8.75. The van der Waals surface area contributed by atoms with E-state index in [4.69, 9.17) is 0 Å². The molecule has 0 nitrogen and oxygen atoms in total. The minimum Gasteiger partial charge on any atom is -0.124 e. The summed E-state index contributed by atoms with van der Waals surface area (Å²) in [5.41, 5.74) is 3.86. The minimum absolute atomic E-state index is 0.855. The summed E-state index contributed by atoms with van der Waals surface area (Å²) in [6.45, 7) is 10.6. The van der Waals surface area contributed by atoms with Crippen LogP contribution in [0.2, 0.25) is 0 Å². The van der Waals surface area contributed by atoms with Crippen molar-refractivity contribution >= 4 is 19.5 Å². The van der Waals surface area contributed by atoms with Crippen LogP contribution in [-0.2, 0) is 0 Å². The van der Waals surface area contributed by atoms with Crippen molar-refractivity contribution in [1.29, 1.82) is 0 Å². The van der Waals surface area contributed by atoms with E-state index < -0.39 is 0 Å². The van der Waals surface area contributed by atoms with Gasteiger partial charge < -0.3 is 0 Å². The first-order valence-electron chi connectivity index (χ1n) is 6.85. The number of rotatable bonds is 6. The topological polar surface area (TPSA) is 0 Å². The first-order chi connectivity index (χ1) is 9.69. The molecule has 20 heavy (non-hydrogen) atoms. The standard InChI is InChI=1S/C17H23P.C2H2/c1-5-7-8-14(3)16-9-11-17(12-10-16)15(4)18-13-6-2;1-2/h5,7-12,18H,4,6,13H2,1-3H3;1-2H/b7-5-,14-8+;. The predicted molar refractivity (Wildman–Crippen MR) is 97.3 cm³/mol. The number of hydrogen-bond acceptors (Lipinski definition) is 0. The number of benzene rings is 1. The molecular weight excluding hydrogens is 259 g/mol. The average molecular weight is 284 g/mol. The Morgan fingerprint density at radius 1 is 1.20 bits per heavy atom. The smallest absolute Gasteiger partial charge is 0.0188 e. The molecule has 0 aromatic heterocycles. The molecule has 0 aliphatic carbocycles. The van der Waals surface area contributed by atoms with Gasteiger partial charge >= 0.3 is 0 Å². The monoisotopic (exact) mass is 284 g/mol. The molecule has 0 bridgehead atoms. The fourth-order valence-corrected chi connectivity index (χ4v) is 2.57. The fraction of sp³-hybridized carbons (Fsp3) is 0.263. The highest BCUT2D eigenvalue weighted by Crippen LogP contribution is 2.32. The van der Waals surface area contributed by atoms with Gasteiger partial charge in [-0.25, -0.2) is 0 Å². The van der Waals surface area contributed by atoms with Crippen LogP contribution in [0.1, 0.15) is 38.3 Å². The van der Waals surface area contributed by atoms with Crippen LogP contribution in [0.15, 0.2) is 49.1 Å². The Morgan fingerprint density at radius 3 is 2.25 bits per heavy atom. The molecule has 0 aliphatic rings. The van der Waals surface area contributed by atoms with Crippen molar-refractivity contribution in [2.45, 2.75) is 27.2 Å². The second kappa shape index (κ2) is 11.3. The summed E-state index contributed by atoms with van der Waals surface area (Å²) in [7, 11) is 0.855. The number of allylic oxidation sites excluding steroid dienone is 4. The highest BCUT2D eigenvalue weighted by molar-refractivity contribution is 7.50. The number of terminal acetylenes is 1. The molecule has 1 heteroatoms. The van der Waals surface area contributed by atoms with E-state index in [0.717, 1.165) is 8.58 Å². The summed E-state index contributed by atoms with van der Waals surface area (Å²) in [5.74, 6) is 0. The lowest BCUT2D eigenvalue weighted by molar-refractivity contribution is 1.11. The molecule has 0 aliphatic heterocycles. The van der Waals surface area contributed by atoms with Crippen LogP contribution in [0.25, 0.3) is 10.9 Å². The lowest BCUT2D eigenvalue weighted by atomic mass is 10.0. The van der Waals surface area contributed by atoms with Gasteiger partial charge in [0.1, 0.15) is 0 Å². The maximum absolute atomic E-state index is 4.17. The molecule has 0 fully saturated rings. The van der Waals surface area contributed by atoms with Crippen LogP contribution in [-0.4, -0.2) is 6.16 Å². The van der Waals surface area contributed by atoms with E-state index >= 15 is 0 Å². The summed E-state index contributed by atoms with van der Waals surface area (Å²) in [4.78, 5) is 0. The van der Waals surface area contributed by atoms with Gasteiger partial charge in [0.15, 0.2) is 0 Å².